The fraction of sp³-hybridized carbons (Fsp3) is 0.154. The third-order valence-electron chi connectivity index (χ3n) is 2.31. The van der Waals surface area contributed by atoms with Gasteiger partial charge in [-0.15, -0.1) is 0 Å². The van der Waals surface area contributed by atoms with Gasteiger partial charge in [-0.3, -0.25) is 4.98 Å². The number of aromatic nitrogens is 2. The average Bonchev–Trinajstić information content (AvgIpc) is 2.43. The largest absolute Gasteiger partial charge is 0.462 e. The van der Waals surface area contributed by atoms with E-state index in [4.69, 9.17) is 22.1 Å². The minimum Gasteiger partial charge on any atom is -0.462 e. The highest BCUT2D eigenvalue weighted by Crippen LogP contribution is 2.36. The molecule has 0 saturated carbocycles. The van der Waals surface area contributed by atoms with Crippen LogP contribution in [0, 0.1) is 0 Å². The van der Waals surface area contributed by atoms with E-state index in [1.807, 2.05) is 0 Å². The molecule has 104 valence electrons. The molecule has 0 unspecified atom stereocenters. The van der Waals surface area contributed by atoms with Gasteiger partial charge in [0.05, 0.1) is 23.4 Å². The molecule has 1 aromatic heterocycles. The van der Waals surface area contributed by atoms with Gasteiger partial charge in [-0.25, -0.2) is 9.78 Å². The first kappa shape index (κ1) is 14.6. The Morgan fingerprint density at radius 2 is 2.25 bits per heavy atom. The smallest absolute Gasteiger partial charge is 0.339 e. The van der Waals surface area contributed by atoms with Crippen molar-refractivity contribution < 1.29 is 9.53 Å². The summed E-state index contributed by atoms with van der Waals surface area (Å²) in [5.74, 6) is -0.465. The lowest BCUT2D eigenvalue weighted by Gasteiger charge is -2.11. The van der Waals surface area contributed by atoms with Crippen LogP contribution in [0.4, 0.5) is 5.69 Å². The molecule has 1 heterocycles. The minimum atomic E-state index is -0.465. The van der Waals surface area contributed by atoms with E-state index >= 15 is 0 Å². The van der Waals surface area contributed by atoms with E-state index in [2.05, 4.69) is 9.97 Å². The summed E-state index contributed by atoms with van der Waals surface area (Å²) >= 11 is 7.41. The fourth-order valence-corrected chi connectivity index (χ4v) is 2.71. The second-order valence-electron chi connectivity index (χ2n) is 3.75. The van der Waals surface area contributed by atoms with Gasteiger partial charge in [0.15, 0.2) is 0 Å². The van der Waals surface area contributed by atoms with Gasteiger partial charge in [-0.1, -0.05) is 23.4 Å². The first-order valence-electron chi connectivity index (χ1n) is 5.81. The molecule has 2 N–H and O–H groups in total. The second kappa shape index (κ2) is 6.58. The number of esters is 1. The number of anilines is 1. The summed E-state index contributed by atoms with van der Waals surface area (Å²) in [4.78, 5) is 20.6. The van der Waals surface area contributed by atoms with Crippen molar-refractivity contribution in [3.05, 3.63) is 41.3 Å². The monoisotopic (exact) mass is 309 g/mol. The summed E-state index contributed by atoms with van der Waals surface area (Å²) in [6, 6.07) is 3.13. The Balaban J connectivity index is 2.42. The Labute approximate surface area is 125 Å². The predicted octanol–water partition coefficient (Wildman–Crippen LogP) is 3.04. The van der Waals surface area contributed by atoms with Gasteiger partial charge in [0.1, 0.15) is 5.03 Å². The molecule has 0 radical (unpaired) electrons. The number of hydrogen-bond donors (Lipinski definition) is 1. The molecular formula is C13H12ClN3O2S. The lowest BCUT2D eigenvalue weighted by molar-refractivity contribution is 0.0522. The van der Waals surface area contributed by atoms with Gasteiger partial charge in [0.25, 0.3) is 0 Å². The number of nitrogens with zero attached hydrogens (tertiary/aromatic N) is 2. The maximum atomic E-state index is 12.0. The second-order valence-corrected chi connectivity index (χ2v) is 5.18. The van der Waals surface area contributed by atoms with E-state index in [0.29, 0.717) is 26.2 Å². The Kier molecular flexibility index (Phi) is 4.81. The highest BCUT2D eigenvalue weighted by Gasteiger charge is 2.18. The van der Waals surface area contributed by atoms with Gasteiger partial charge >= 0.3 is 5.97 Å². The highest BCUT2D eigenvalue weighted by molar-refractivity contribution is 7.99. The normalized spacial score (nSPS) is 10.3. The standard InChI is InChI=1S/C13H12ClN3O2S/c1-2-19-13(18)9-5-8(15)6-10(14)12(9)20-11-7-16-3-4-17-11/h3-7H,2,15H2,1H3. The first-order valence-corrected chi connectivity index (χ1v) is 7.01. The Morgan fingerprint density at radius 1 is 1.45 bits per heavy atom. The van der Waals surface area contributed by atoms with Crippen molar-refractivity contribution in [2.45, 2.75) is 16.8 Å². The molecule has 7 heteroatoms. The minimum absolute atomic E-state index is 0.278. The van der Waals surface area contributed by atoms with Crippen molar-refractivity contribution in [2.75, 3.05) is 12.3 Å². The van der Waals surface area contributed by atoms with Crippen LogP contribution < -0.4 is 5.73 Å². The van der Waals surface area contributed by atoms with Gasteiger partial charge in [0.2, 0.25) is 0 Å². The maximum Gasteiger partial charge on any atom is 0.339 e. The number of benzene rings is 1. The third kappa shape index (κ3) is 3.40. The molecule has 0 aliphatic heterocycles. The number of carbonyl (C=O) groups excluding carboxylic acids is 1. The van der Waals surface area contributed by atoms with Crippen LogP contribution in [0.5, 0.6) is 0 Å². The number of nitrogen functional groups attached to an aromatic ring is 1. The Bertz CT molecular complexity index is 623. The molecule has 0 saturated heterocycles. The van der Waals surface area contributed by atoms with Crippen LogP contribution in [-0.2, 0) is 4.74 Å². The number of ether oxygens (including phenoxy) is 1. The highest BCUT2D eigenvalue weighted by atomic mass is 35.5. The molecule has 0 amide bonds. The Morgan fingerprint density at radius 3 is 2.90 bits per heavy atom. The molecule has 1 aromatic carbocycles. The van der Waals surface area contributed by atoms with E-state index in [1.54, 1.807) is 37.6 Å². The summed E-state index contributed by atoms with van der Waals surface area (Å²) < 4.78 is 5.01. The molecule has 0 spiro atoms. The van der Waals surface area contributed by atoms with Crippen LogP contribution in [0.25, 0.3) is 0 Å². The van der Waals surface area contributed by atoms with Crippen molar-refractivity contribution in [3.8, 4) is 0 Å². The van der Waals surface area contributed by atoms with E-state index in [0.717, 1.165) is 0 Å². The number of hydrogen-bond acceptors (Lipinski definition) is 6. The van der Waals surface area contributed by atoms with Gasteiger partial charge in [-0.05, 0) is 19.1 Å². The zero-order valence-corrected chi connectivity index (χ0v) is 12.2. The number of halogens is 1. The molecule has 2 aromatic rings. The molecule has 0 aliphatic rings. The zero-order chi connectivity index (χ0) is 14.5. The van der Waals surface area contributed by atoms with Crippen molar-refractivity contribution in [1.29, 1.82) is 0 Å². The van der Waals surface area contributed by atoms with Gasteiger partial charge in [-0.2, -0.15) is 0 Å². The van der Waals surface area contributed by atoms with Crippen molar-refractivity contribution in [3.63, 3.8) is 0 Å². The molecule has 0 fully saturated rings. The maximum absolute atomic E-state index is 12.0. The fourth-order valence-electron chi connectivity index (χ4n) is 1.52. The molecule has 20 heavy (non-hydrogen) atoms. The van der Waals surface area contributed by atoms with Crippen molar-refractivity contribution in [1.82, 2.24) is 9.97 Å². The topological polar surface area (TPSA) is 78.1 Å². The summed E-state index contributed by atoms with van der Waals surface area (Å²) in [7, 11) is 0. The summed E-state index contributed by atoms with van der Waals surface area (Å²) in [5.41, 5.74) is 6.46. The summed E-state index contributed by atoms with van der Waals surface area (Å²) in [6.45, 7) is 2.02. The predicted molar refractivity (Wildman–Crippen MR) is 78.0 cm³/mol. The summed E-state index contributed by atoms with van der Waals surface area (Å²) in [6.07, 6.45) is 4.73. The quantitative estimate of drug-likeness (QED) is 0.691. The Hall–Kier alpha value is -1.79. The van der Waals surface area contributed by atoms with Crippen LogP contribution in [0.15, 0.2) is 40.6 Å². The lowest BCUT2D eigenvalue weighted by atomic mass is 10.2. The van der Waals surface area contributed by atoms with Gasteiger partial charge in [0, 0.05) is 23.0 Å². The van der Waals surface area contributed by atoms with Crippen LogP contribution >= 0.6 is 23.4 Å². The summed E-state index contributed by atoms with van der Waals surface area (Å²) in [5, 5.41) is 1.01. The van der Waals surface area contributed by atoms with E-state index < -0.39 is 5.97 Å². The van der Waals surface area contributed by atoms with Gasteiger partial charge < -0.3 is 10.5 Å². The van der Waals surface area contributed by atoms with E-state index in [-0.39, 0.29) is 6.61 Å². The van der Waals surface area contributed by atoms with E-state index in [1.165, 1.54) is 11.8 Å². The van der Waals surface area contributed by atoms with Crippen LogP contribution in [0.3, 0.4) is 0 Å². The number of carbonyl (C=O) groups is 1. The number of rotatable bonds is 4. The average molecular weight is 310 g/mol. The van der Waals surface area contributed by atoms with Crippen LogP contribution in [0.1, 0.15) is 17.3 Å². The molecule has 5 nitrogen and oxygen atoms in total. The molecule has 0 atom stereocenters. The molecule has 0 aliphatic carbocycles. The SMILES string of the molecule is CCOC(=O)c1cc(N)cc(Cl)c1Sc1cnccn1. The lowest BCUT2D eigenvalue weighted by Crippen LogP contribution is -2.07. The first-order chi connectivity index (χ1) is 9.61. The zero-order valence-electron chi connectivity index (χ0n) is 10.7. The van der Waals surface area contributed by atoms with Crippen LogP contribution in [-0.4, -0.2) is 22.5 Å². The number of nitrogens with two attached hydrogens (primary N) is 1. The molecular weight excluding hydrogens is 298 g/mol. The van der Waals surface area contributed by atoms with Crippen molar-refractivity contribution in [2.24, 2.45) is 0 Å². The third-order valence-corrected chi connectivity index (χ3v) is 3.78. The van der Waals surface area contributed by atoms with E-state index in [9.17, 15) is 4.79 Å². The van der Waals surface area contributed by atoms with Crippen molar-refractivity contribution >= 4 is 35.0 Å². The van der Waals surface area contributed by atoms with Crippen LogP contribution in [0.2, 0.25) is 5.02 Å². The molecule has 2 rings (SSSR count). The molecule has 0 bridgehead atoms.